The average molecular weight is 315 g/mol. The molecule has 0 saturated carbocycles. The van der Waals surface area contributed by atoms with Gasteiger partial charge in [0.25, 0.3) is 0 Å². The van der Waals surface area contributed by atoms with E-state index < -0.39 is 0 Å². The number of unbranched alkanes of at least 4 members (excludes halogenated alkanes) is 6. The molecule has 22 heavy (non-hydrogen) atoms. The highest BCUT2D eigenvalue weighted by molar-refractivity contribution is 4.79. The van der Waals surface area contributed by atoms with Crippen LogP contribution in [0.1, 0.15) is 105 Å². The van der Waals surface area contributed by atoms with Gasteiger partial charge in [-0.1, -0.05) is 65.7 Å². The van der Waals surface area contributed by atoms with Crippen LogP contribution in [0.15, 0.2) is 0 Å². The first kappa shape index (κ1) is 21.9. The largest absolute Gasteiger partial charge is 0.350 e. The first-order chi connectivity index (χ1) is 10.7. The Bertz CT molecular complexity index is 222. The molecule has 0 aliphatic carbocycles. The molecule has 0 heterocycles. The molecule has 0 aromatic carbocycles. The zero-order valence-electron chi connectivity index (χ0n) is 16.1. The fraction of sp³-hybridized carbons (Fsp3) is 1.00. The van der Waals surface area contributed by atoms with E-state index in [1.54, 1.807) is 0 Å². The molecule has 1 unspecified atom stereocenters. The zero-order chi connectivity index (χ0) is 16.7. The second kappa shape index (κ2) is 14.5. The summed E-state index contributed by atoms with van der Waals surface area (Å²) in [5, 5.41) is 0. The van der Waals surface area contributed by atoms with Crippen LogP contribution in [0.3, 0.4) is 0 Å². The molecule has 0 aliphatic rings. The summed E-state index contributed by atoms with van der Waals surface area (Å²) in [5.41, 5.74) is 0. The van der Waals surface area contributed by atoms with E-state index in [0.717, 1.165) is 26.1 Å². The van der Waals surface area contributed by atoms with Gasteiger partial charge in [0, 0.05) is 25.6 Å². The third kappa shape index (κ3) is 8.53. The van der Waals surface area contributed by atoms with Gasteiger partial charge in [-0.25, -0.2) is 0 Å². The Morgan fingerprint density at radius 2 is 1.23 bits per heavy atom. The van der Waals surface area contributed by atoms with Crippen LogP contribution in [0, 0.1) is 5.92 Å². The Hall–Kier alpha value is -0.0800. The van der Waals surface area contributed by atoms with Gasteiger partial charge >= 0.3 is 0 Å². The van der Waals surface area contributed by atoms with Crippen molar-refractivity contribution in [3.63, 3.8) is 0 Å². The normalized spacial score (nSPS) is 13.5. The van der Waals surface area contributed by atoms with Gasteiger partial charge in [0.1, 0.15) is 0 Å². The smallest absolute Gasteiger partial charge is 0.170 e. The van der Waals surface area contributed by atoms with E-state index >= 15 is 0 Å². The van der Waals surface area contributed by atoms with Crippen molar-refractivity contribution < 1.29 is 9.47 Å². The summed E-state index contributed by atoms with van der Waals surface area (Å²) in [6.45, 7) is 12.5. The summed E-state index contributed by atoms with van der Waals surface area (Å²) in [7, 11) is 0. The molecular weight excluding hydrogens is 272 g/mol. The van der Waals surface area contributed by atoms with Crippen LogP contribution >= 0.6 is 0 Å². The van der Waals surface area contributed by atoms with Crippen LogP contribution in [0.4, 0.5) is 0 Å². The number of hydrogen-bond donors (Lipinski definition) is 0. The molecule has 134 valence electrons. The van der Waals surface area contributed by atoms with Gasteiger partial charge in [-0.15, -0.1) is 0 Å². The summed E-state index contributed by atoms with van der Waals surface area (Å²) >= 11 is 0. The summed E-state index contributed by atoms with van der Waals surface area (Å²) in [5.74, 6) is 0.197. The second-order valence-corrected chi connectivity index (χ2v) is 6.44. The van der Waals surface area contributed by atoms with Crippen LogP contribution in [-0.4, -0.2) is 19.0 Å². The molecule has 1 atom stereocenters. The molecule has 2 heteroatoms. The highest BCUT2D eigenvalue weighted by Gasteiger charge is 2.38. The molecular formula is C20H42O2. The molecule has 0 bridgehead atoms. The van der Waals surface area contributed by atoms with Gasteiger partial charge in [0.15, 0.2) is 5.79 Å². The summed E-state index contributed by atoms with van der Waals surface area (Å²) in [4.78, 5) is 0. The third-order valence-electron chi connectivity index (χ3n) is 4.68. The lowest BCUT2D eigenvalue weighted by Crippen LogP contribution is -2.44. The minimum Gasteiger partial charge on any atom is -0.350 e. The Morgan fingerprint density at radius 3 is 1.73 bits per heavy atom. The van der Waals surface area contributed by atoms with Crippen molar-refractivity contribution in [3.05, 3.63) is 0 Å². The molecule has 2 nitrogen and oxygen atoms in total. The maximum absolute atomic E-state index is 6.20. The van der Waals surface area contributed by atoms with Gasteiger partial charge in [-0.2, -0.15) is 0 Å². The number of ether oxygens (including phenoxy) is 2. The minimum atomic E-state index is -0.336. The van der Waals surface area contributed by atoms with Crippen molar-refractivity contribution in [3.8, 4) is 0 Å². The number of hydrogen-bond acceptors (Lipinski definition) is 2. The Labute approximate surface area is 140 Å². The molecule has 0 N–H and O–H groups in total. The molecule has 0 amide bonds. The van der Waals surface area contributed by atoms with E-state index in [9.17, 15) is 0 Å². The summed E-state index contributed by atoms with van der Waals surface area (Å²) in [6, 6.07) is 0. The molecule has 0 rings (SSSR count). The first-order valence-electron chi connectivity index (χ1n) is 9.98. The van der Waals surface area contributed by atoms with Gasteiger partial charge in [-0.05, 0) is 33.1 Å². The molecule has 0 aliphatic heterocycles. The predicted molar refractivity (Wildman–Crippen MR) is 97.3 cm³/mol. The summed E-state index contributed by atoms with van der Waals surface area (Å²) in [6.07, 6.45) is 14.0. The Balaban J connectivity index is 4.52. The van der Waals surface area contributed by atoms with Gasteiger partial charge in [0.05, 0.1) is 0 Å². The molecule has 0 spiro atoms. The van der Waals surface area contributed by atoms with Crippen molar-refractivity contribution in [2.45, 2.75) is 111 Å². The minimum absolute atomic E-state index is 0.336. The van der Waals surface area contributed by atoms with Crippen LogP contribution < -0.4 is 0 Å². The van der Waals surface area contributed by atoms with Gasteiger partial charge < -0.3 is 9.47 Å². The fourth-order valence-corrected chi connectivity index (χ4v) is 3.44. The average Bonchev–Trinajstić information content (AvgIpc) is 2.52. The standard InChI is InChI=1S/C20H42O2/c1-6-11-13-14-15-16-17-19(8-3)20(21-9-4,22-10-5)18-12-7-2/h19H,6-18H2,1-5H3. The maximum Gasteiger partial charge on any atom is 0.170 e. The topological polar surface area (TPSA) is 18.5 Å². The zero-order valence-corrected chi connectivity index (χ0v) is 16.1. The van der Waals surface area contributed by atoms with Crippen LogP contribution in [0.2, 0.25) is 0 Å². The monoisotopic (exact) mass is 314 g/mol. The lowest BCUT2D eigenvalue weighted by atomic mass is 9.86. The summed E-state index contributed by atoms with van der Waals surface area (Å²) < 4.78 is 12.4. The van der Waals surface area contributed by atoms with Crippen molar-refractivity contribution in [1.82, 2.24) is 0 Å². The van der Waals surface area contributed by atoms with Gasteiger partial charge in [-0.3, -0.25) is 0 Å². The second-order valence-electron chi connectivity index (χ2n) is 6.44. The van der Waals surface area contributed by atoms with E-state index in [1.807, 2.05) is 0 Å². The van der Waals surface area contributed by atoms with E-state index in [0.29, 0.717) is 5.92 Å². The van der Waals surface area contributed by atoms with Crippen LogP contribution in [-0.2, 0) is 9.47 Å². The Kier molecular flexibility index (Phi) is 14.5. The fourth-order valence-electron chi connectivity index (χ4n) is 3.44. The number of rotatable bonds is 16. The SMILES string of the molecule is CCCCCCCCC(CC)C(CCCC)(OCC)OCC. The van der Waals surface area contributed by atoms with Crippen molar-refractivity contribution >= 4 is 0 Å². The van der Waals surface area contributed by atoms with Crippen molar-refractivity contribution in [2.75, 3.05) is 13.2 Å². The highest BCUT2D eigenvalue weighted by atomic mass is 16.7. The van der Waals surface area contributed by atoms with Gasteiger partial charge in [0.2, 0.25) is 0 Å². The maximum atomic E-state index is 6.20. The first-order valence-corrected chi connectivity index (χ1v) is 9.98. The third-order valence-corrected chi connectivity index (χ3v) is 4.68. The lowest BCUT2D eigenvalue weighted by Gasteiger charge is -2.40. The van der Waals surface area contributed by atoms with Crippen LogP contribution in [0.25, 0.3) is 0 Å². The van der Waals surface area contributed by atoms with E-state index in [1.165, 1.54) is 57.8 Å². The predicted octanol–water partition coefficient (Wildman–Crippen LogP) is 6.72. The van der Waals surface area contributed by atoms with E-state index in [-0.39, 0.29) is 5.79 Å². The quantitative estimate of drug-likeness (QED) is 0.232. The highest BCUT2D eigenvalue weighted by Crippen LogP contribution is 2.35. The van der Waals surface area contributed by atoms with Crippen molar-refractivity contribution in [2.24, 2.45) is 5.92 Å². The van der Waals surface area contributed by atoms with E-state index in [4.69, 9.17) is 9.47 Å². The molecule has 0 radical (unpaired) electrons. The molecule has 0 saturated heterocycles. The molecule has 0 aromatic heterocycles. The molecule has 0 aromatic rings. The van der Waals surface area contributed by atoms with E-state index in [2.05, 4.69) is 34.6 Å². The van der Waals surface area contributed by atoms with Crippen LogP contribution in [0.5, 0.6) is 0 Å². The Morgan fingerprint density at radius 1 is 0.682 bits per heavy atom. The lowest BCUT2D eigenvalue weighted by molar-refractivity contribution is -0.270. The van der Waals surface area contributed by atoms with Crippen molar-refractivity contribution in [1.29, 1.82) is 0 Å². The molecule has 0 fully saturated rings.